The predicted octanol–water partition coefficient (Wildman–Crippen LogP) is 2.91. The van der Waals surface area contributed by atoms with Gasteiger partial charge >= 0.3 is 0 Å². The number of thioether (sulfide) groups is 1. The van der Waals surface area contributed by atoms with E-state index in [1.165, 1.54) is 23.9 Å². The van der Waals surface area contributed by atoms with Crippen LogP contribution in [0.25, 0.3) is 11.0 Å². The summed E-state index contributed by atoms with van der Waals surface area (Å²) in [7, 11) is -1.99. The number of hydrogen-bond acceptors (Lipinski definition) is 5. The standard InChI is InChI=1S/C17H17ClN4O3S2/c1-10-7-11(18)3-5-13(10)20-16(23)9-26-17-21-14-8-12(27(19,24)25)4-6-15(14)22(17)2/h3-8H,9H2,1-2H3,(H,20,23)(H2,19,24,25). The first-order valence-electron chi connectivity index (χ1n) is 7.83. The second-order valence-corrected chi connectivity index (χ2v) is 8.89. The molecule has 0 saturated heterocycles. The maximum Gasteiger partial charge on any atom is 0.238 e. The van der Waals surface area contributed by atoms with Gasteiger partial charge in [0, 0.05) is 17.8 Å². The summed E-state index contributed by atoms with van der Waals surface area (Å²) in [5, 5.41) is 9.20. The molecule has 1 aromatic heterocycles. The molecule has 1 heterocycles. The number of nitrogens with one attached hydrogen (secondary N) is 1. The number of primary sulfonamides is 1. The van der Waals surface area contributed by atoms with Crippen molar-refractivity contribution in [1.82, 2.24) is 9.55 Å². The summed E-state index contributed by atoms with van der Waals surface area (Å²) in [5.74, 6) is -0.0240. The molecule has 0 unspecified atom stereocenters. The second-order valence-electron chi connectivity index (χ2n) is 5.95. The molecule has 7 nitrogen and oxygen atoms in total. The number of amides is 1. The largest absolute Gasteiger partial charge is 0.325 e. The Kier molecular flexibility index (Phi) is 5.48. The van der Waals surface area contributed by atoms with Crippen molar-refractivity contribution < 1.29 is 13.2 Å². The van der Waals surface area contributed by atoms with Crippen molar-refractivity contribution >= 4 is 56.0 Å². The van der Waals surface area contributed by atoms with Crippen LogP contribution >= 0.6 is 23.4 Å². The number of carbonyl (C=O) groups excluding carboxylic acids is 1. The van der Waals surface area contributed by atoms with E-state index in [0.717, 1.165) is 11.1 Å². The number of imidazole rings is 1. The van der Waals surface area contributed by atoms with E-state index in [2.05, 4.69) is 10.3 Å². The van der Waals surface area contributed by atoms with E-state index in [9.17, 15) is 13.2 Å². The van der Waals surface area contributed by atoms with Crippen molar-refractivity contribution in [1.29, 1.82) is 0 Å². The Balaban J connectivity index is 1.74. The van der Waals surface area contributed by atoms with Gasteiger partial charge in [0.05, 0.1) is 21.7 Å². The minimum atomic E-state index is -3.79. The summed E-state index contributed by atoms with van der Waals surface area (Å²) < 4.78 is 24.8. The minimum absolute atomic E-state index is 0.000562. The maximum atomic E-state index is 12.2. The van der Waals surface area contributed by atoms with Crippen molar-refractivity contribution in [2.45, 2.75) is 17.0 Å². The van der Waals surface area contributed by atoms with Gasteiger partial charge in [0.2, 0.25) is 15.9 Å². The molecule has 27 heavy (non-hydrogen) atoms. The van der Waals surface area contributed by atoms with Crippen molar-refractivity contribution in [3.05, 3.63) is 47.0 Å². The van der Waals surface area contributed by atoms with Crippen LogP contribution in [-0.2, 0) is 21.9 Å². The third kappa shape index (κ3) is 4.44. The first kappa shape index (κ1) is 19.7. The molecule has 3 rings (SSSR count). The number of carbonyl (C=O) groups is 1. The number of halogens is 1. The Bertz CT molecular complexity index is 1140. The van der Waals surface area contributed by atoms with Crippen LogP contribution in [-0.4, -0.2) is 29.6 Å². The van der Waals surface area contributed by atoms with Gasteiger partial charge in [0.1, 0.15) is 0 Å². The van der Waals surface area contributed by atoms with Gasteiger partial charge in [-0.2, -0.15) is 0 Å². The zero-order valence-electron chi connectivity index (χ0n) is 14.6. The Morgan fingerprint density at radius 2 is 2.04 bits per heavy atom. The minimum Gasteiger partial charge on any atom is -0.325 e. The highest BCUT2D eigenvalue weighted by Gasteiger charge is 2.14. The lowest BCUT2D eigenvalue weighted by molar-refractivity contribution is -0.113. The Labute approximate surface area is 166 Å². The molecule has 0 saturated carbocycles. The number of sulfonamides is 1. The van der Waals surface area contributed by atoms with E-state index in [1.807, 2.05) is 6.92 Å². The summed E-state index contributed by atoms with van der Waals surface area (Å²) in [6, 6.07) is 9.74. The third-order valence-corrected chi connectivity index (χ3v) is 6.11. The quantitative estimate of drug-likeness (QED) is 0.612. The number of anilines is 1. The molecule has 0 aliphatic heterocycles. The number of hydrogen-bond donors (Lipinski definition) is 2. The van der Waals surface area contributed by atoms with Gasteiger partial charge in [0.25, 0.3) is 0 Å². The summed E-state index contributed by atoms with van der Waals surface area (Å²) in [6.07, 6.45) is 0. The second kappa shape index (κ2) is 7.51. The van der Waals surface area contributed by atoms with E-state index in [0.29, 0.717) is 21.4 Å². The van der Waals surface area contributed by atoms with E-state index in [-0.39, 0.29) is 16.6 Å². The number of rotatable bonds is 5. The van der Waals surface area contributed by atoms with Crippen LogP contribution < -0.4 is 10.5 Å². The highest BCUT2D eigenvalue weighted by Crippen LogP contribution is 2.25. The number of aryl methyl sites for hydroxylation is 2. The molecule has 3 aromatic rings. The molecule has 0 radical (unpaired) electrons. The predicted molar refractivity (Wildman–Crippen MR) is 108 cm³/mol. The maximum absolute atomic E-state index is 12.2. The Morgan fingerprint density at radius 3 is 2.70 bits per heavy atom. The summed E-state index contributed by atoms with van der Waals surface area (Å²) >= 11 is 7.17. The monoisotopic (exact) mass is 424 g/mol. The summed E-state index contributed by atoms with van der Waals surface area (Å²) in [5.41, 5.74) is 2.83. The van der Waals surface area contributed by atoms with Gasteiger partial charge in [-0.05, 0) is 48.9 Å². The topological polar surface area (TPSA) is 107 Å². The van der Waals surface area contributed by atoms with Crippen LogP contribution in [0.5, 0.6) is 0 Å². The van der Waals surface area contributed by atoms with E-state index < -0.39 is 10.0 Å². The fraction of sp³-hybridized carbons (Fsp3) is 0.176. The van der Waals surface area contributed by atoms with Crippen molar-refractivity contribution in [2.75, 3.05) is 11.1 Å². The van der Waals surface area contributed by atoms with E-state index in [4.69, 9.17) is 16.7 Å². The first-order chi connectivity index (χ1) is 12.6. The summed E-state index contributed by atoms with van der Waals surface area (Å²) in [4.78, 5) is 16.6. The van der Waals surface area contributed by atoms with Gasteiger partial charge in [-0.25, -0.2) is 18.5 Å². The highest BCUT2D eigenvalue weighted by atomic mass is 35.5. The zero-order valence-corrected chi connectivity index (χ0v) is 17.0. The van der Waals surface area contributed by atoms with Crippen molar-refractivity contribution in [2.24, 2.45) is 12.2 Å². The zero-order chi connectivity index (χ0) is 19.8. The van der Waals surface area contributed by atoms with E-state index in [1.54, 1.807) is 35.9 Å². The lowest BCUT2D eigenvalue weighted by Gasteiger charge is -2.08. The normalized spacial score (nSPS) is 11.7. The number of nitrogens with zero attached hydrogens (tertiary/aromatic N) is 2. The van der Waals surface area contributed by atoms with Crippen molar-refractivity contribution in [3.8, 4) is 0 Å². The van der Waals surface area contributed by atoms with Gasteiger partial charge < -0.3 is 9.88 Å². The number of fused-ring (bicyclic) bond motifs is 1. The third-order valence-electron chi connectivity index (χ3n) is 3.93. The molecule has 0 aliphatic rings. The lowest BCUT2D eigenvalue weighted by Crippen LogP contribution is -2.15. The van der Waals surface area contributed by atoms with Crippen LogP contribution in [0, 0.1) is 6.92 Å². The summed E-state index contributed by atoms with van der Waals surface area (Å²) in [6.45, 7) is 1.86. The number of aromatic nitrogens is 2. The average molecular weight is 425 g/mol. The number of nitrogens with two attached hydrogens (primary N) is 1. The Morgan fingerprint density at radius 1 is 1.30 bits per heavy atom. The van der Waals surface area contributed by atoms with Crippen molar-refractivity contribution in [3.63, 3.8) is 0 Å². The van der Waals surface area contributed by atoms with Crippen LogP contribution in [0.3, 0.4) is 0 Å². The number of benzene rings is 2. The van der Waals surface area contributed by atoms with Crippen LogP contribution in [0.15, 0.2) is 46.5 Å². The molecule has 3 N–H and O–H groups in total. The van der Waals surface area contributed by atoms with Gasteiger partial charge in [-0.3, -0.25) is 4.79 Å². The average Bonchev–Trinajstić information content (AvgIpc) is 2.90. The first-order valence-corrected chi connectivity index (χ1v) is 10.7. The molecular formula is C17H17ClN4O3S2. The fourth-order valence-electron chi connectivity index (χ4n) is 2.55. The molecule has 0 fully saturated rings. The molecule has 0 bridgehead atoms. The van der Waals surface area contributed by atoms with Gasteiger partial charge in [-0.15, -0.1) is 0 Å². The SMILES string of the molecule is Cc1cc(Cl)ccc1NC(=O)CSc1nc2cc(S(N)(=O)=O)ccc2n1C. The van der Waals surface area contributed by atoms with Crippen LogP contribution in [0.2, 0.25) is 5.02 Å². The highest BCUT2D eigenvalue weighted by molar-refractivity contribution is 7.99. The fourth-order valence-corrected chi connectivity index (χ4v) is 4.09. The molecule has 2 aromatic carbocycles. The molecule has 0 spiro atoms. The molecule has 10 heteroatoms. The molecular weight excluding hydrogens is 408 g/mol. The Hall–Kier alpha value is -2.07. The molecule has 142 valence electrons. The lowest BCUT2D eigenvalue weighted by atomic mass is 10.2. The van der Waals surface area contributed by atoms with Crippen LogP contribution in [0.4, 0.5) is 5.69 Å². The molecule has 1 amide bonds. The molecule has 0 aliphatic carbocycles. The van der Waals surface area contributed by atoms with E-state index >= 15 is 0 Å². The van der Waals surface area contributed by atoms with Crippen LogP contribution in [0.1, 0.15) is 5.56 Å². The smallest absolute Gasteiger partial charge is 0.238 e. The van der Waals surface area contributed by atoms with Gasteiger partial charge in [0.15, 0.2) is 5.16 Å². The van der Waals surface area contributed by atoms with Gasteiger partial charge in [-0.1, -0.05) is 23.4 Å². The molecule has 0 atom stereocenters.